The number of benzene rings is 1. The van der Waals surface area contributed by atoms with Crippen LogP contribution >= 0.6 is 11.3 Å². The Balaban J connectivity index is 1.75. The molecule has 0 radical (unpaired) electrons. The fourth-order valence-corrected chi connectivity index (χ4v) is 5.05. The topological polar surface area (TPSA) is 91.0 Å². The molecular weight excluding hydrogens is 434 g/mol. The zero-order valence-corrected chi connectivity index (χ0v) is 20.0. The Hall–Kier alpha value is -3.18. The highest BCUT2D eigenvalue weighted by Crippen LogP contribution is 2.26. The van der Waals surface area contributed by atoms with Gasteiger partial charge < -0.3 is 10.2 Å². The molecule has 1 saturated heterocycles. The number of thiophene rings is 1. The van der Waals surface area contributed by atoms with E-state index in [4.69, 9.17) is 4.98 Å². The van der Waals surface area contributed by atoms with E-state index >= 15 is 0 Å². The van der Waals surface area contributed by atoms with E-state index in [0.717, 1.165) is 37.9 Å². The molecule has 33 heavy (non-hydrogen) atoms. The largest absolute Gasteiger partial charge is 0.351 e. The zero-order chi connectivity index (χ0) is 23.4. The van der Waals surface area contributed by atoms with Gasteiger partial charge >= 0.3 is 0 Å². The monoisotopic (exact) mass is 463 g/mol. The van der Waals surface area contributed by atoms with E-state index in [0.29, 0.717) is 39.1 Å². The molecule has 4 rings (SSSR count). The van der Waals surface area contributed by atoms with Crippen molar-refractivity contribution >= 4 is 33.4 Å². The first-order chi connectivity index (χ1) is 16.0. The summed E-state index contributed by atoms with van der Waals surface area (Å²) in [7, 11) is 0. The lowest BCUT2D eigenvalue weighted by molar-refractivity contribution is 0.0956. The summed E-state index contributed by atoms with van der Waals surface area (Å²) >= 11 is 1.19. The molecule has 7 nitrogen and oxygen atoms in total. The average molecular weight is 464 g/mol. The van der Waals surface area contributed by atoms with Gasteiger partial charge in [0, 0.05) is 19.6 Å². The first-order valence-electron chi connectivity index (χ1n) is 11.5. The van der Waals surface area contributed by atoms with Crippen LogP contribution in [0.15, 0.2) is 35.1 Å². The van der Waals surface area contributed by atoms with Crippen LogP contribution in [0.5, 0.6) is 0 Å². The quantitative estimate of drug-likeness (QED) is 0.569. The van der Waals surface area contributed by atoms with Crippen LogP contribution in [0.4, 0.5) is 5.95 Å². The number of anilines is 1. The van der Waals surface area contributed by atoms with Crippen LogP contribution in [0.25, 0.3) is 10.2 Å². The van der Waals surface area contributed by atoms with Gasteiger partial charge in [-0.05, 0) is 49.3 Å². The molecule has 1 aliphatic heterocycles. The Labute approximate surface area is 197 Å². The molecule has 0 aliphatic carbocycles. The summed E-state index contributed by atoms with van der Waals surface area (Å²) < 4.78 is 2.14. The molecule has 0 saturated carbocycles. The van der Waals surface area contributed by atoms with Crippen LogP contribution in [0, 0.1) is 17.2 Å². The third-order valence-electron chi connectivity index (χ3n) is 5.95. The maximum atomic E-state index is 13.6. The number of piperidine rings is 1. The molecule has 1 N–H and O–H groups in total. The number of amides is 1. The number of aromatic nitrogens is 2. The molecule has 0 spiro atoms. The summed E-state index contributed by atoms with van der Waals surface area (Å²) in [5.74, 6) is 0.952. The Morgan fingerprint density at radius 3 is 2.73 bits per heavy atom. The normalized spacial score (nSPS) is 13.9. The van der Waals surface area contributed by atoms with Crippen molar-refractivity contribution in [2.75, 3.05) is 24.5 Å². The Morgan fingerprint density at radius 2 is 2.00 bits per heavy atom. The molecule has 1 aliphatic rings. The standard InChI is InChI=1S/C25H29N5O2S/c1-17(2)10-11-27-23(31)21-14-20-22(33-21)24(32)30(16-19-9-5-4-8-18(19)15-26)25(28-20)29-12-6-3-7-13-29/h4-5,8-9,14,17H,3,6-7,10-13,16H2,1-2H3,(H,27,31). The van der Waals surface area contributed by atoms with Crippen LogP contribution in [0.3, 0.4) is 0 Å². The second-order valence-electron chi connectivity index (χ2n) is 8.88. The lowest BCUT2D eigenvalue weighted by Crippen LogP contribution is -2.36. The van der Waals surface area contributed by atoms with E-state index in [9.17, 15) is 14.9 Å². The highest BCUT2D eigenvalue weighted by atomic mass is 32.1. The summed E-state index contributed by atoms with van der Waals surface area (Å²) in [5, 5.41) is 12.5. The predicted octanol–water partition coefficient (Wildman–Crippen LogP) is 4.14. The Morgan fingerprint density at radius 1 is 1.24 bits per heavy atom. The minimum Gasteiger partial charge on any atom is -0.351 e. The molecule has 0 unspecified atom stereocenters. The van der Waals surface area contributed by atoms with Crippen molar-refractivity contribution in [2.24, 2.45) is 5.92 Å². The van der Waals surface area contributed by atoms with Crippen LogP contribution in [-0.4, -0.2) is 35.1 Å². The number of rotatable bonds is 7. The molecule has 172 valence electrons. The van der Waals surface area contributed by atoms with Crippen LogP contribution < -0.4 is 15.8 Å². The molecule has 1 fully saturated rings. The molecule has 1 aromatic carbocycles. The number of fused-ring (bicyclic) bond motifs is 1. The third kappa shape index (κ3) is 5.09. The van der Waals surface area contributed by atoms with Gasteiger partial charge in [-0.3, -0.25) is 14.2 Å². The number of hydrogen-bond donors (Lipinski definition) is 1. The molecule has 3 heterocycles. The number of nitrogens with one attached hydrogen (secondary N) is 1. The summed E-state index contributed by atoms with van der Waals surface area (Å²) in [6.45, 7) is 6.78. The highest BCUT2D eigenvalue weighted by molar-refractivity contribution is 7.20. The summed E-state index contributed by atoms with van der Waals surface area (Å²) in [4.78, 5) is 33.8. The lowest BCUT2D eigenvalue weighted by Gasteiger charge is -2.29. The van der Waals surface area contributed by atoms with Crippen LogP contribution in [-0.2, 0) is 6.54 Å². The number of nitriles is 1. The number of nitrogens with zero attached hydrogens (tertiary/aromatic N) is 4. The van der Waals surface area contributed by atoms with Gasteiger partial charge in [-0.2, -0.15) is 5.26 Å². The van der Waals surface area contributed by atoms with E-state index in [-0.39, 0.29) is 18.0 Å². The second kappa shape index (κ2) is 10.2. The highest BCUT2D eigenvalue weighted by Gasteiger charge is 2.22. The van der Waals surface area contributed by atoms with Gasteiger partial charge in [-0.1, -0.05) is 32.0 Å². The first kappa shape index (κ1) is 23.0. The van der Waals surface area contributed by atoms with Crippen molar-refractivity contribution in [1.29, 1.82) is 5.26 Å². The Bertz CT molecular complexity index is 1250. The van der Waals surface area contributed by atoms with E-state index in [1.807, 2.05) is 18.2 Å². The molecule has 0 bridgehead atoms. The zero-order valence-electron chi connectivity index (χ0n) is 19.1. The first-order valence-corrected chi connectivity index (χ1v) is 12.3. The number of hydrogen-bond acceptors (Lipinski definition) is 6. The third-order valence-corrected chi connectivity index (χ3v) is 7.06. The second-order valence-corrected chi connectivity index (χ2v) is 9.94. The fourth-order valence-electron chi connectivity index (χ4n) is 4.09. The minimum absolute atomic E-state index is 0.167. The van der Waals surface area contributed by atoms with Gasteiger partial charge in [0.1, 0.15) is 4.70 Å². The van der Waals surface area contributed by atoms with Gasteiger partial charge in [0.05, 0.1) is 28.6 Å². The van der Waals surface area contributed by atoms with E-state index < -0.39 is 0 Å². The molecular formula is C25H29N5O2S. The average Bonchev–Trinajstić information content (AvgIpc) is 3.26. The van der Waals surface area contributed by atoms with Crippen molar-refractivity contribution < 1.29 is 4.79 Å². The SMILES string of the molecule is CC(C)CCNC(=O)c1cc2nc(N3CCCCC3)n(Cc3ccccc3C#N)c(=O)c2s1. The maximum Gasteiger partial charge on any atom is 0.273 e. The predicted molar refractivity (Wildman–Crippen MR) is 132 cm³/mol. The minimum atomic E-state index is -0.168. The molecule has 2 aromatic heterocycles. The summed E-state index contributed by atoms with van der Waals surface area (Å²) in [5.41, 5.74) is 1.72. The maximum absolute atomic E-state index is 13.6. The van der Waals surface area contributed by atoms with Crippen molar-refractivity contribution in [2.45, 2.75) is 46.1 Å². The fraction of sp³-hybridized carbons (Fsp3) is 0.440. The molecule has 1 amide bonds. The van der Waals surface area contributed by atoms with E-state index in [1.165, 1.54) is 17.8 Å². The van der Waals surface area contributed by atoms with Crippen LogP contribution in [0.2, 0.25) is 0 Å². The molecule has 3 aromatic rings. The van der Waals surface area contributed by atoms with Crippen molar-refractivity contribution in [3.8, 4) is 6.07 Å². The number of carbonyl (C=O) groups is 1. The van der Waals surface area contributed by atoms with Crippen molar-refractivity contribution in [3.05, 3.63) is 56.7 Å². The van der Waals surface area contributed by atoms with Gasteiger partial charge in [0.2, 0.25) is 5.95 Å². The van der Waals surface area contributed by atoms with E-state index in [2.05, 4.69) is 30.1 Å². The number of carbonyl (C=O) groups excluding carboxylic acids is 1. The summed E-state index contributed by atoms with van der Waals surface area (Å²) in [6, 6.07) is 11.3. The van der Waals surface area contributed by atoms with Gasteiger partial charge in [0.25, 0.3) is 11.5 Å². The lowest BCUT2D eigenvalue weighted by atomic mass is 10.1. The van der Waals surface area contributed by atoms with Crippen molar-refractivity contribution in [3.63, 3.8) is 0 Å². The molecule has 8 heteroatoms. The summed E-state index contributed by atoms with van der Waals surface area (Å²) in [6.07, 6.45) is 4.17. The van der Waals surface area contributed by atoms with Gasteiger partial charge in [-0.25, -0.2) is 4.98 Å². The van der Waals surface area contributed by atoms with Gasteiger partial charge in [0.15, 0.2) is 0 Å². The van der Waals surface area contributed by atoms with Crippen LogP contribution in [0.1, 0.15) is 60.3 Å². The van der Waals surface area contributed by atoms with E-state index in [1.54, 1.807) is 16.7 Å². The Kier molecular flexibility index (Phi) is 7.09. The van der Waals surface area contributed by atoms with Crippen molar-refractivity contribution in [1.82, 2.24) is 14.9 Å². The molecule has 0 atom stereocenters. The smallest absolute Gasteiger partial charge is 0.273 e. The van der Waals surface area contributed by atoms with Gasteiger partial charge in [-0.15, -0.1) is 11.3 Å².